The van der Waals surface area contributed by atoms with E-state index in [1.165, 1.54) is 0 Å². The average Bonchev–Trinajstić information content (AvgIpc) is 2.01. The Morgan fingerprint density at radius 3 is 2.08 bits per heavy atom. The molecular weight excluding hydrogens is 164 g/mol. The van der Waals surface area contributed by atoms with Crippen LogP contribution in [-0.4, -0.2) is 46.2 Å². The monoisotopic (exact) mass is 176 g/mol. The van der Waals surface area contributed by atoms with Gasteiger partial charge in [-0.3, -0.25) is 4.79 Å². The molecule has 0 aliphatic heterocycles. The Labute approximate surface area is 69.6 Å². The largest absolute Gasteiger partial charge is 0.464 e. The smallest absolute Gasteiger partial charge is 0.293 e. The molecule has 5 nitrogen and oxygen atoms in total. The lowest BCUT2D eigenvalue weighted by atomic mass is 9.90. The number of hydrogen-bond donors (Lipinski definition) is 3. The quantitative estimate of drug-likeness (QED) is 0.441. The first-order valence-electron chi connectivity index (χ1n) is 3.78. The van der Waals surface area contributed by atoms with E-state index in [2.05, 4.69) is 4.74 Å². The van der Waals surface area contributed by atoms with Crippen LogP contribution < -0.4 is 0 Å². The number of carbonyl (C=O) groups excluding carboxylic acids is 1. The van der Waals surface area contributed by atoms with Crippen LogP contribution in [0.15, 0.2) is 0 Å². The molecule has 0 heterocycles. The lowest BCUT2D eigenvalue weighted by molar-refractivity contribution is -0.151. The zero-order chi connectivity index (χ0) is 9.14. The van der Waals surface area contributed by atoms with Crippen LogP contribution in [0.4, 0.5) is 0 Å². The van der Waals surface area contributed by atoms with Crippen LogP contribution in [0.25, 0.3) is 0 Å². The fourth-order valence-corrected chi connectivity index (χ4v) is 1.36. The molecule has 1 aliphatic carbocycles. The van der Waals surface area contributed by atoms with Crippen LogP contribution >= 0.6 is 0 Å². The van der Waals surface area contributed by atoms with Gasteiger partial charge in [0.05, 0.1) is 12.2 Å². The van der Waals surface area contributed by atoms with Gasteiger partial charge in [-0.25, -0.2) is 0 Å². The third-order valence-corrected chi connectivity index (χ3v) is 2.05. The van der Waals surface area contributed by atoms with Crippen molar-refractivity contribution in [2.75, 3.05) is 0 Å². The fraction of sp³-hybridized carbons (Fsp3) is 0.857. The van der Waals surface area contributed by atoms with Crippen molar-refractivity contribution in [2.45, 2.75) is 37.3 Å². The Balaban J connectivity index is 2.47. The van der Waals surface area contributed by atoms with Crippen LogP contribution in [0.3, 0.4) is 0 Å². The SMILES string of the molecule is O=COC1CC(O)C(O)C(O)C1. The van der Waals surface area contributed by atoms with E-state index in [4.69, 9.17) is 15.3 Å². The van der Waals surface area contributed by atoms with Crippen molar-refractivity contribution >= 4 is 6.47 Å². The molecule has 0 amide bonds. The van der Waals surface area contributed by atoms with Gasteiger partial charge in [-0.2, -0.15) is 0 Å². The van der Waals surface area contributed by atoms with E-state index in [-0.39, 0.29) is 19.3 Å². The van der Waals surface area contributed by atoms with Crippen LogP contribution in [0.5, 0.6) is 0 Å². The van der Waals surface area contributed by atoms with Crippen molar-refractivity contribution in [1.29, 1.82) is 0 Å². The molecule has 5 heteroatoms. The molecule has 1 rings (SSSR count). The van der Waals surface area contributed by atoms with E-state index in [0.29, 0.717) is 0 Å². The second-order valence-electron chi connectivity index (χ2n) is 2.95. The second-order valence-corrected chi connectivity index (χ2v) is 2.95. The minimum atomic E-state index is -1.13. The highest BCUT2D eigenvalue weighted by atomic mass is 16.5. The summed E-state index contributed by atoms with van der Waals surface area (Å²) >= 11 is 0. The summed E-state index contributed by atoms with van der Waals surface area (Å²) in [5.74, 6) is 0. The summed E-state index contributed by atoms with van der Waals surface area (Å²) in [6.45, 7) is 0.280. The van der Waals surface area contributed by atoms with Gasteiger partial charge >= 0.3 is 0 Å². The molecule has 0 aromatic heterocycles. The van der Waals surface area contributed by atoms with E-state index in [1.54, 1.807) is 0 Å². The third kappa shape index (κ3) is 1.94. The van der Waals surface area contributed by atoms with E-state index in [9.17, 15) is 4.79 Å². The molecule has 1 saturated carbocycles. The summed E-state index contributed by atoms with van der Waals surface area (Å²) in [4.78, 5) is 9.92. The predicted molar refractivity (Wildman–Crippen MR) is 38.2 cm³/mol. The Kier molecular flexibility index (Phi) is 3.02. The summed E-state index contributed by atoms with van der Waals surface area (Å²) in [7, 11) is 0. The van der Waals surface area contributed by atoms with Gasteiger partial charge in [0, 0.05) is 12.8 Å². The molecule has 0 aromatic rings. The first kappa shape index (κ1) is 9.44. The summed E-state index contributed by atoms with van der Waals surface area (Å²) in [5, 5.41) is 27.4. The molecule has 1 aliphatic rings. The maximum absolute atomic E-state index is 9.92. The number of rotatable bonds is 2. The maximum Gasteiger partial charge on any atom is 0.293 e. The molecule has 2 atom stereocenters. The molecule has 0 bridgehead atoms. The Morgan fingerprint density at radius 2 is 1.67 bits per heavy atom. The highest BCUT2D eigenvalue weighted by Gasteiger charge is 2.35. The number of aliphatic hydroxyl groups is 3. The van der Waals surface area contributed by atoms with Gasteiger partial charge in [-0.1, -0.05) is 0 Å². The number of aliphatic hydroxyl groups excluding tert-OH is 3. The third-order valence-electron chi connectivity index (χ3n) is 2.05. The van der Waals surface area contributed by atoms with Gasteiger partial charge in [-0.15, -0.1) is 0 Å². The first-order valence-corrected chi connectivity index (χ1v) is 3.78. The molecule has 0 spiro atoms. The molecule has 12 heavy (non-hydrogen) atoms. The van der Waals surface area contributed by atoms with Crippen molar-refractivity contribution in [3.05, 3.63) is 0 Å². The molecule has 2 unspecified atom stereocenters. The summed E-state index contributed by atoms with van der Waals surface area (Å²) in [6, 6.07) is 0. The van der Waals surface area contributed by atoms with E-state index in [1.807, 2.05) is 0 Å². The lowest BCUT2D eigenvalue weighted by Crippen LogP contribution is -2.46. The zero-order valence-corrected chi connectivity index (χ0v) is 6.46. The predicted octanol–water partition coefficient (Wildman–Crippen LogP) is -1.60. The molecule has 0 saturated heterocycles. The van der Waals surface area contributed by atoms with Gasteiger partial charge in [0.2, 0.25) is 0 Å². The van der Waals surface area contributed by atoms with Crippen LogP contribution in [0.2, 0.25) is 0 Å². The number of carbonyl (C=O) groups is 1. The second kappa shape index (κ2) is 3.84. The van der Waals surface area contributed by atoms with Crippen molar-refractivity contribution in [3.63, 3.8) is 0 Å². The minimum absolute atomic E-state index is 0.178. The molecule has 0 radical (unpaired) electrons. The Morgan fingerprint density at radius 1 is 1.17 bits per heavy atom. The Bertz CT molecular complexity index is 148. The summed E-state index contributed by atoms with van der Waals surface area (Å²) in [5.41, 5.74) is 0. The van der Waals surface area contributed by atoms with Crippen LogP contribution in [0.1, 0.15) is 12.8 Å². The summed E-state index contributed by atoms with van der Waals surface area (Å²) < 4.78 is 4.56. The average molecular weight is 176 g/mol. The van der Waals surface area contributed by atoms with E-state index in [0.717, 1.165) is 0 Å². The number of ether oxygens (including phenoxy) is 1. The molecule has 1 fully saturated rings. The van der Waals surface area contributed by atoms with Gasteiger partial charge in [0.1, 0.15) is 12.2 Å². The minimum Gasteiger partial charge on any atom is -0.464 e. The Hall–Kier alpha value is -0.650. The summed E-state index contributed by atoms with van der Waals surface area (Å²) in [6.07, 6.45) is -3.29. The normalized spacial score (nSPS) is 42.2. The van der Waals surface area contributed by atoms with Crippen molar-refractivity contribution < 1.29 is 24.9 Å². The topological polar surface area (TPSA) is 87.0 Å². The molecular formula is C7H12O5. The molecule has 3 N–H and O–H groups in total. The standard InChI is InChI=1S/C7H12O5/c8-3-12-4-1-5(9)7(11)6(10)2-4/h3-7,9-11H,1-2H2. The van der Waals surface area contributed by atoms with Crippen LogP contribution in [-0.2, 0) is 9.53 Å². The zero-order valence-electron chi connectivity index (χ0n) is 6.46. The number of hydrogen-bond acceptors (Lipinski definition) is 5. The molecule has 0 aromatic carbocycles. The van der Waals surface area contributed by atoms with Gasteiger partial charge in [-0.05, 0) is 0 Å². The first-order chi connectivity index (χ1) is 5.65. The van der Waals surface area contributed by atoms with Gasteiger partial charge in [0.15, 0.2) is 0 Å². The van der Waals surface area contributed by atoms with Crippen LogP contribution in [0, 0.1) is 0 Å². The fourth-order valence-electron chi connectivity index (χ4n) is 1.36. The maximum atomic E-state index is 9.92. The highest BCUT2D eigenvalue weighted by molar-refractivity contribution is 5.37. The molecule has 70 valence electrons. The van der Waals surface area contributed by atoms with E-state index >= 15 is 0 Å². The van der Waals surface area contributed by atoms with Crippen molar-refractivity contribution in [1.82, 2.24) is 0 Å². The van der Waals surface area contributed by atoms with Crippen molar-refractivity contribution in [2.24, 2.45) is 0 Å². The lowest BCUT2D eigenvalue weighted by Gasteiger charge is -2.32. The van der Waals surface area contributed by atoms with E-state index < -0.39 is 24.4 Å². The highest BCUT2D eigenvalue weighted by Crippen LogP contribution is 2.21. The van der Waals surface area contributed by atoms with Crippen molar-refractivity contribution in [3.8, 4) is 0 Å². The van der Waals surface area contributed by atoms with Gasteiger partial charge < -0.3 is 20.1 Å². The van der Waals surface area contributed by atoms with Gasteiger partial charge in [0.25, 0.3) is 6.47 Å².